The molecule has 0 radical (unpaired) electrons. The van der Waals surface area contributed by atoms with E-state index in [9.17, 15) is 0 Å². The Kier molecular flexibility index (Phi) is 3.80. The molecular formula is C13H14N6S. The van der Waals surface area contributed by atoms with Crippen molar-refractivity contribution in [2.24, 2.45) is 0 Å². The third kappa shape index (κ3) is 2.89. The van der Waals surface area contributed by atoms with Crippen molar-refractivity contribution in [3.8, 4) is 5.69 Å². The molecule has 1 aromatic carbocycles. The van der Waals surface area contributed by atoms with Gasteiger partial charge in [0, 0.05) is 17.6 Å². The Balaban J connectivity index is 1.65. The predicted octanol–water partition coefficient (Wildman–Crippen LogP) is 1.72. The quantitative estimate of drug-likeness (QED) is 0.773. The van der Waals surface area contributed by atoms with Crippen LogP contribution in [0.25, 0.3) is 5.69 Å². The van der Waals surface area contributed by atoms with E-state index in [0.29, 0.717) is 6.54 Å². The number of benzene rings is 1. The second kappa shape index (κ2) is 5.89. The molecule has 3 aromatic rings. The molecule has 2 aromatic heterocycles. The Morgan fingerprint density at radius 3 is 2.80 bits per heavy atom. The van der Waals surface area contributed by atoms with E-state index in [-0.39, 0.29) is 0 Å². The zero-order valence-corrected chi connectivity index (χ0v) is 11.8. The van der Waals surface area contributed by atoms with Crippen molar-refractivity contribution in [1.29, 1.82) is 0 Å². The number of aromatic nitrogens is 5. The van der Waals surface area contributed by atoms with Crippen LogP contribution >= 0.6 is 11.3 Å². The highest BCUT2D eigenvalue weighted by atomic mass is 32.1. The Labute approximate surface area is 120 Å². The lowest BCUT2D eigenvalue weighted by Crippen LogP contribution is -2.16. The number of hydrogen-bond acceptors (Lipinski definition) is 6. The van der Waals surface area contributed by atoms with Gasteiger partial charge in [-0.05, 0) is 29.5 Å². The summed E-state index contributed by atoms with van der Waals surface area (Å²) in [5, 5.41) is 18.2. The maximum absolute atomic E-state index is 4.41. The first-order valence-corrected chi connectivity index (χ1v) is 7.15. The zero-order chi connectivity index (χ0) is 13.8. The van der Waals surface area contributed by atoms with Crippen molar-refractivity contribution in [3.05, 3.63) is 52.2 Å². The van der Waals surface area contributed by atoms with E-state index in [2.05, 4.69) is 25.8 Å². The van der Waals surface area contributed by atoms with E-state index >= 15 is 0 Å². The molecule has 0 fully saturated rings. The summed E-state index contributed by atoms with van der Waals surface area (Å²) >= 11 is 1.66. The van der Waals surface area contributed by atoms with Gasteiger partial charge in [-0.15, -0.1) is 16.4 Å². The van der Waals surface area contributed by atoms with E-state index in [0.717, 1.165) is 28.8 Å². The molecule has 0 unspecified atom stereocenters. The van der Waals surface area contributed by atoms with E-state index < -0.39 is 0 Å². The summed E-state index contributed by atoms with van der Waals surface area (Å²) in [6, 6.07) is 9.85. The lowest BCUT2D eigenvalue weighted by molar-refractivity contribution is 0.639. The Bertz CT molecular complexity index is 675. The van der Waals surface area contributed by atoms with Gasteiger partial charge in [0.25, 0.3) is 0 Å². The van der Waals surface area contributed by atoms with Gasteiger partial charge in [0.1, 0.15) is 5.01 Å². The van der Waals surface area contributed by atoms with Gasteiger partial charge in [0.2, 0.25) is 0 Å². The standard InChI is InChI=1S/C13H14N6S/c1-10-9-20-13(15-10)8-14-7-12-16-17-18-19(12)11-5-3-2-4-6-11/h2-6,9,14H,7-8H2,1H3. The number of para-hydroxylation sites is 1. The summed E-state index contributed by atoms with van der Waals surface area (Å²) in [5.74, 6) is 0.782. The van der Waals surface area contributed by atoms with Crippen LogP contribution in [-0.2, 0) is 13.1 Å². The van der Waals surface area contributed by atoms with Gasteiger partial charge in [-0.2, -0.15) is 4.68 Å². The maximum Gasteiger partial charge on any atom is 0.170 e. The number of nitrogens with zero attached hydrogens (tertiary/aromatic N) is 5. The van der Waals surface area contributed by atoms with Gasteiger partial charge in [-0.3, -0.25) is 0 Å². The van der Waals surface area contributed by atoms with Gasteiger partial charge < -0.3 is 5.32 Å². The summed E-state index contributed by atoms with van der Waals surface area (Å²) in [6.07, 6.45) is 0. The van der Waals surface area contributed by atoms with Crippen LogP contribution in [0.2, 0.25) is 0 Å². The highest BCUT2D eigenvalue weighted by Crippen LogP contribution is 2.09. The molecule has 1 N–H and O–H groups in total. The summed E-state index contributed by atoms with van der Waals surface area (Å²) in [6.45, 7) is 3.32. The molecule has 102 valence electrons. The Hall–Kier alpha value is -2.12. The second-order valence-electron chi connectivity index (χ2n) is 4.33. The fraction of sp³-hybridized carbons (Fsp3) is 0.231. The summed E-state index contributed by atoms with van der Waals surface area (Å²) in [5.41, 5.74) is 2.01. The molecule has 20 heavy (non-hydrogen) atoms. The van der Waals surface area contributed by atoms with E-state index in [1.54, 1.807) is 16.0 Å². The van der Waals surface area contributed by atoms with Crippen LogP contribution in [0.1, 0.15) is 16.5 Å². The highest BCUT2D eigenvalue weighted by Gasteiger charge is 2.07. The fourth-order valence-corrected chi connectivity index (χ4v) is 2.59. The van der Waals surface area contributed by atoms with Crippen molar-refractivity contribution < 1.29 is 0 Å². The largest absolute Gasteiger partial charge is 0.303 e. The molecule has 2 heterocycles. The monoisotopic (exact) mass is 286 g/mol. The summed E-state index contributed by atoms with van der Waals surface area (Å²) < 4.78 is 1.74. The maximum atomic E-state index is 4.41. The Morgan fingerprint density at radius 1 is 1.20 bits per heavy atom. The second-order valence-corrected chi connectivity index (χ2v) is 5.27. The van der Waals surface area contributed by atoms with Crippen molar-refractivity contribution >= 4 is 11.3 Å². The minimum absolute atomic E-state index is 0.598. The van der Waals surface area contributed by atoms with Crippen molar-refractivity contribution in [2.75, 3.05) is 0 Å². The number of tetrazole rings is 1. The van der Waals surface area contributed by atoms with Gasteiger partial charge in [0.15, 0.2) is 5.82 Å². The van der Waals surface area contributed by atoms with E-state index in [1.165, 1.54) is 0 Å². The van der Waals surface area contributed by atoms with Crippen LogP contribution < -0.4 is 5.32 Å². The number of hydrogen-bond donors (Lipinski definition) is 1. The smallest absolute Gasteiger partial charge is 0.170 e. The van der Waals surface area contributed by atoms with Gasteiger partial charge in [0.05, 0.1) is 12.2 Å². The van der Waals surface area contributed by atoms with Crippen molar-refractivity contribution in [3.63, 3.8) is 0 Å². The average molecular weight is 286 g/mol. The van der Waals surface area contributed by atoms with Crippen LogP contribution in [0.3, 0.4) is 0 Å². The molecule has 0 amide bonds. The first-order valence-electron chi connectivity index (χ1n) is 6.27. The van der Waals surface area contributed by atoms with Gasteiger partial charge >= 0.3 is 0 Å². The molecule has 0 saturated carbocycles. The molecule has 0 aliphatic rings. The molecular weight excluding hydrogens is 272 g/mol. The van der Waals surface area contributed by atoms with Crippen molar-refractivity contribution in [1.82, 2.24) is 30.5 Å². The van der Waals surface area contributed by atoms with E-state index in [1.807, 2.05) is 42.6 Å². The van der Waals surface area contributed by atoms with Crippen LogP contribution in [0.5, 0.6) is 0 Å². The van der Waals surface area contributed by atoms with Crippen molar-refractivity contribution in [2.45, 2.75) is 20.0 Å². The van der Waals surface area contributed by atoms with Crippen LogP contribution in [0.15, 0.2) is 35.7 Å². The molecule has 0 atom stereocenters. The highest BCUT2D eigenvalue weighted by molar-refractivity contribution is 7.09. The fourth-order valence-electron chi connectivity index (χ4n) is 1.85. The third-order valence-corrected chi connectivity index (χ3v) is 3.73. The summed E-state index contributed by atoms with van der Waals surface area (Å²) in [4.78, 5) is 4.41. The minimum Gasteiger partial charge on any atom is -0.303 e. The van der Waals surface area contributed by atoms with Gasteiger partial charge in [-0.1, -0.05) is 18.2 Å². The number of aryl methyl sites for hydroxylation is 1. The molecule has 0 spiro atoms. The van der Waals surface area contributed by atoms with Gasteiger partial charge in [-0.25, -0.2) is 4.98 Å². The lowest BCUT2D eigenvalue weighted by atomic mass is 10.3. The predicted molar refractivity (Wildman–Crippen MR) is 76.5 cm³/mol. The van der Waals surface area contributed by atoms with E-state index in [4.69, 9.17) is 0 Å². The molecule has 0 bridgehead atoms. The van der Waals surface area contributed by atoms with Crippen LogP contribution in [0, 0.1) is 6.92 Å². The molecule has 0 aliphatic carbocycles. The number of rotatable bonds is 5. The lowest BCUT2D eigenvalue weighted by Gasteiger charge is -2.04. The SMILES string of the molecule is Cc1csc(CNCc2nnnn2-c2ccccc2)n1. The Morgan fingerprint density at radius 2 is 2.05 bits per heavy atom. The zero-order valence-electron chi connectivity index (χ0n) is 11.0. The molecule has 6 nitrogen and oxygen atoms in total. The first-order chi connectivity index (χ1) is 9.83. The number of nitrogens with one attached hydrogen (secondary N) is 1. The molecule has 0 saturated heterocycles. The molecule has 0 aliphatic heterocycles. The molecule has 3 rings (SSSR count). The molecule has 7 heteroatoms. The number of thiazole rings is 1. The average Bonchev–Trinajstić information content (AvgIpc) is 3.09. The van der Waals surface area contributed by atoms with Crippen LogP contribution in [-0.4, -0.2) is 25.2 Å². The van der Waals surface area contributed by atoms with Crippen LogP contribution in [0.4, 0.5) is 0 Å². The minimum atomic E-state index is 0.598. The summed E-state index contributed by atoms with van der Waals surface area (Å²) in [7, 11) is 0. The third-order valence-electron chi connectivity index (χ3n) is 2.76. The topological polar surface area (TPSA) is 68.5 Å². The normalized spacial score (nSPS) is 10.8. The first kappa shape index (κ1) is 12.9.